The summed E-state index contributed by atoms with van der Waals surface area (Å²) in [7, 11) is 1.87. The molecule has 5 rings (SSSR count). The van der Waals surface area contributed by atoms with Gasteiger partial charge < -0.3 is 29.9 Å². The molecule has 2 bridgehead atoms. The molecule has 0 radical (unpaired) electrons. The topological polar surface area (TPSA) is 119 Å². The smallest absolute Gasteiger partial charge is 0.222 e. The largest absolute Gasteiger partial charge is 0.494 e. The van der Waals surface area contributed by atoms with Crippen LogP contribution in [0.5, 0.6) is 5.88 Å². The number of anilines is 2. The maximum absolute atomic E-state index is 12.6. The molecule has 202 valence electrons. The third-order valence-electron chi connectivity index (χ3n) is 7.34. The van der Waals surface area contributed by atoms with E-state index in [0.717, 1.165) is 70.5 Å². The molecule has 38 heavy (non-hydrogen) atoms. The minimum absolute atomic E-state index is 0.00457. The highest BCUT2D eigenvalue weighted by molar-refractivity contribution is 6.06. The van der Waals surface area contributed by atoms with Gasteiger partial charge in [-0.2, -0.15) is 0 Å². The lowest BCUT2D eigenvalue weighted by Gasteiger charge is -2.31. The van der Waals surface area contributed by atoms with Gasteiger partial charge in [0.2, 0.25) is 5.91 Å². The molecule has 3 N–H and O–H groups in total. The minimum atomic E-state index is 0.00457. The molecule has 4 heterocycles. The second-order valence-electron chi connectivity index (χ2n) is 10.0. The minimum Gasteiger partial charge on any atom is -0.494 e. The summed E-state index contributed by atoms with van der Waals surface area (Å²) in [6, 6.07) is 6.33. The molecule has 3 aromatic rings. The molecule has 1 aromatic carbocycles. The molecule has 0 saturated carbocycles. The summed E-state index contributed by atoms with van der Waals surface area (Å²) < 4.78 is 5.57. The van der Waals surface area contributed by atoms with Gasteiger partial charge in [-0.1, -0.05) is 12.8 Å². The first-order chi connectivity index (χ1) is 18.6. The monoisotopic (exact) mass is 519 g/mol. The maximum atomic E-state index is 12.6. The molecule has 10 nitrogen and oxygen atoms in total. The lowest BCUT2D eigenvalue weighted by Crippen LogP contribution is -2.36. The van der Waals surface area contributed by atoms with Crippen molar-refractivity contribution in [3.05, 3.63) is 35.7 Å². The van der Waals surface area contributed by atoms with E-state index in [1.165, 1.54) is 17.6 Å². The van der Waals surface area contributed by atoms with Crippen molar-refractivity contribution in [2.45, 2.75) is 44.9 Å². The Bertz CT molecular complexity index is 1280. The number of carbonyl (C=O) groups excluding carboxylic acids is 1. The molecule has 1 saturated heterocycles. The molecule has 1 fully saturated rings. The van der Waals surface area contributed by atoms with Crippen LogP contribution in [0, 0.1) is 0 Å². The Morgan fingerprint density at radius 2 is 1.82 bits per heavy atom. The van der Waals surface area contributed by atoms with Gasteiger partial charge >= 0.3 is 0 Å². The zero-order valence-electron chi connectivity index (χ0n) is 22.1. The Hall–Kier alpha value is -3.66. The van der Waals surface area contributed by atoms with Crippen LogP contribution in [0.2, 0.25) is 0 Å². The van der Waals surface area contributed by atoms with E-state index in [4.69, 9.17) is 9.73 Å². The van der Waals surface area contributed by atoms with Crippen LogP contribution < -0.4 is 10.2 Å². The summed E-state index contributed by atoms with van der Waals surface area (Å²) in [6.07, 6.45) is 9.58. The SMILES string of the molecule is CN1CCCNc2ncnc3[nH]c(O)c(c23)C=Nc2ccc(N3CCOCC3)c(c2)CCCCCCC1=O. The maximum Gasteiger partial charge on any atom is 0.222 e. The molecule has 1 amide bonds. The standard InChI is InChI=1S/C28H37N7O3/c1-34-12-6-11-29-26-25-22(28(37)33-27(25)32-19-31-26)18-30-21-9-10-23(35-13-15-38-16-14-35)20(17-21)7-4-2-3-5-8-24(34)36/h9-10,17-19,37H,2-8,11-16H2,1H3,(H2,29,31,32,33). The second-order valence-corrected chi connectivity index (χ2v) is 10.0. The number of aryl methyl sites for hydroxylation is 1. The number of H-pyrrole nitrogens is 1. The predicted molar refractivity (Wildman–Crippen MR) is 150 cm³/mol. The van der Waals surface area contributed by atoms with E-state index in [9.17, 15) is 9.90 Å². The molecule has 2 aliphatic rings. The van der Waals surface area contributed by atoms with Crippen LogP contribution in [0.15, 0.2) is 29.5 Å². The number of hydrogen-bond acceptors (Lipinski definition) is 8. The first-order valence-electron chi connectivity index (χ1n) is 13.6. The summed E-state index contributed by atoms with van der Waals surface area (Å²) in [4.78, 5) is 33.2. The molecule has 2 aliphatic heterocycles. The highest BCUT2D eigenvalue weighted by atomic mass is 16.5. The lowest BCUT2D eigenvalue weighted by atomic mass is 10.0. The van der Waals surface area contributed by atoms with Crippen LogP contribution in [0.4, 0.5) is 17.2 Å². The van der Waals surface area contributed by atoms with Crippen LogP contribution in [0.1, 0.15) is 49.7 Å². The molecule has 0 spiro atoms. The quantitative estimate of drug-likeness (QED) is 0.444. The molecular formula is C28H37N7O3. The number of aromatic nitrogens is 3. The first-order valence-corrected chi connectivity index (χ1v) is 13.6. The van der Waals surface area contributed by atoms with Crippen LogP contribution in [-0.4, -0.2) is 83.5 Å². The van der Waals surface area contributed by atoms with Crippen molar-refractivity contribution in [3.63, 3.8) is 0 Å². The van der Waals surface area contributed by atoms with E-state index in [-0.39, 0.29) is 11.8 Å². The van der Waals surface area contributed by atoms with Gasteiger partial charge in [0.05, 0.1) is 29.9 Å². The van der Waals surface area contributed by atoms with Crippen LogP contribution >= 0.6 is 0 Å². The Kier molecular flexibility index (Phi) is 8.37. The van der Waals surface area contributed by atoms with Crippen molar-refractivity contribution in [1.82, 2.24) is 19.9 Å². The number of aromatic hydroxyl groups is 1. The van der Waals surface area contributed by atoms with E-state index < -0.39 is 0 Å². The fourth-order valence-corrected chi connectivity index (χ4v) is 5.18. The third-order valence-corrected chi connectivity index (χ3v) is 7.34. The van der Waals surface area contributed by atoms with E-state index in [1.807, 2.05) is 18.0 Å². The number of aliphatic imine (C=N–C) groups is 1. The third kappa shape index (κ3) is 6.07. The Labute approximate surface area is 223 Å². The van der Waals surface area contributed by atoms with Crippen molar-refractivity contribution >= 4 is 40.3 Å². The number of aromatic amines is 1. The number of morpholine rings is 1. The highest BCUT2D eigenvalue weighted by Crippen LogP contribution is 2.31. The number of hydrogen-bond donors (Lipinski definition) is 3. The Morgan fingerprint density at radius 1 is 1.00 bits per heavy atom. The predicted octanol–water partition coefficient (Wildman–Crippen LogP) is 4.02. The summed E-state index contributed by atoms with van der Waals surface area (Å²) >= 11 is 0. The number of nitrogens with zero attached hydrogens (tertiary/aromatic N) is 5. The van der Waals surface area contributed by atoms with Crippen molar-refractivity contribution in [2.24, 2.45) is 4.99 Å². The molecule has 10 heteroatoms. The average Bonchev–Trinajstić information content (AvgIpc) is 3.27. The van der Waals surface area contributed by atoms with Gasteiger partial charge in [-0.3, -0.25) is 9.79 Å². The lowest BCUT2D eigenvalue weighted by molar-refractivity contribution is -0.130. The zero-order valence-corrected chi connectivity index (χ0v) is 22.1. The van der Waals surface area contributed by atoms with Crippen LogP contribution in [0.25, 0.3) is 11.0 Å². The van der Waals surface area contributed by atoms with Gasteiger partial charge in [-0.15, -0.1) is 0 Å². The zero-order chi connectivity index (χ0) is 26.3. The molecule has 0 aliphatic carbocycles. The summed E-state index contributed by atoms with van der Waals surface area (Å²) in [5.41, 5.74) is 4.42. The molecular weight excluding hydrogens is 482 g/mol. The van der Waals surface area contributed by atoms with Gasteiger partial charge in [0, 0.05) is 51.5 Å². The molecule has 2 aromatic heterocycles. The summed E-state index contributed by atoms with van der Waals surface area (Å²) in [6.45, 7) is 4.54. The van der Waals surface area contributed by atoms with Crippen molar-refractivity contribution in [1.29, 1.82) is 0 Å². The normalized spacial score (nSPS) is 18.4. The van der Waals surface area contributed by atoms with Gasteiger partial charge in [0.1, 0.15) is 17.8 Å². The summed E-state index contributed by atoms with van der Waals surface area (Å²) in [5, 5.41) is 14.7. The Morgan fingerprint density at radius 3 is 2.66 bits per heavy atom. The van der Waals surface area contributed by atoms with E-state index in [2.05, 4.69) is 37.3 Å². The van der Waals surface area contributed by atoms with Crippen LogP contribution in [0.3, 0.4) is 0 Å². The van der Waals surface area contributed by atoms with Crippen molar-refractivity contribution in [2.75, 3.05) is 56.7 Å². The molecule has 0 unspecified atom stereocenters. The summed E-state index contributed by atoms with van der Waals surface area (Å²) in [5.74, 6) is 0.824. The number of nitrogens with one attached hydrogen (secondary N) is 2. The van der Waals surface area contributed by atoms with Gasteiger partial charge in [0.25, 0.3) is 0 Å². The van der Waals surface area contributed by atoms with E-state index in [0.29, 0.717) is 41.9 Å². The fraction of sp³-hybridized carbons (Fsp3) is 0.500. The highest BCUT2D eigenvalue weighted by Gasteiger charge is 2.17. The number of carbonyl (C=O) groups is 1. The second kappa shape index (κ2) is 12.3. The van der Waals surface area contributed by atoms with E-state index >= 15 is 0 Å². The van der Waals surface area contributed by atoms with Gasteiger partial charge in [-0.05, 0) is 49.4 Å². The number of ether oxygens (including phenoxy) is 1. The van der Waals surface area contributed by atoms with Crippen molar-refractivity contribution < 1.29 is 14.6 Å². The molecule has 0 atom stereocenters. The van der Waals surface area contributed by atoms with Gasteiger partial charge in [-0.25, -0.2) is 9.97 Å². The first kappa shape index (κ1) is 26.0. The fourth-order valence-electron chi connectivity index (χ4n) is 5.18. The average molecular weight is 520 g/mol. The van der Waals surface area contributed by atoms with Crippen LogP contribution in [-0.2, 0) is 16.0 Å². The van der Waals surface area contributed by atoms with Crippen molar-refractivity contribution in [3.8, 4) is 5.88 Å². The number of fused-ring (bicyclic) bond motifs is 2. The van der Waals surface area contributed by atoms with Gasteiger partial charge in [0.15, 0.2) is 5.88 Å². The number of rotatable bonds is 1. The Balaban J connectivity index is 1.47. The number of amides is 1. The van der Waals surface area contributed by atoms with E-state index in [1.54, 1.807) is 6.21 Å². The number of benzene rings is 1.